The third-order valence-electron chi connectivity index (χ3n) is 11.2. The zero-order chi connectivity index (χ0) is 46.2. The molecule has 0 aliphatic heterocycles. The molecule has 330 valence electrons. The van der Waals surface area contributed by atoms with Gasteiger partial charge in [0, 0.05) is 16.6 Å². The summed E-state index contributed by atoms with van der Waals surface area (Å²) in [6.45, 7) is 11.4. The molecule has 0 saturated heterocycles. The quantitative estimate of drug-likeness (QED) is 0.104. The van der Waals surface area contributed by atoms with E-state index in [-0.39, 0.29) is 20.1 Å². The summed E-state index contributed by atoms with van der Waals surface area (Å²) in [5, 5.41) is 38.1. The molecule has 8 aromatic carbocycles. The van der Waals surface area contributed by atoms with Crippen molar-refractivity contribution in [3.63, 3.8) is 0 Å². The number of thiophene rings is 1. The van der Waals surface area contributed by atoms with Crippen molar-refractivity contribution in [3.8, 4) is 21.8 Å². The van der Waals surface area contributed by atoms with Crippen molar-refractivity contribution in [3.05, 3.63) is 206 Å². The number of nitrogens with zero attached hydrogens (tertiary/aromatic N) is 6. The fraction of sp³-hybridized carbons (Fsp3) is 0.0182. The monoisotopic (exact) mass is 1120 g/mol. The van der Waals surface area contributed by atoms with E-state index in [1.165, 1.54) is 16.8 Å². The van der Waals surface area contributed by atoms with Gasteiger partial charge in [0.1, 0.15) is 0 Å². The first-order chi connectivity index (χ1) is 32.5. The van der Waals surface area contributed by atoms with E-state index in [0.717, 1.165) is 81.0 Å². The van der Waals surface area contributed by atoms with Crippen LogP contribution in [0.2, 0.25) is 0 Å². The molecule has 0 N–H and O–H groups in total. The van der Waals surface area contributed by atoms with Gasteiger partial charge in [-0.2, -0.15) is 58.8 Å². The van der Waals surface area contributed by atoms with Crippen molar-refractivity contribution >= 4 is 121 Å². The van der Waals surface area contributed by atoms with Crippen LogP contribution in [0.15, 0.2) is 170 Å². The van der Waals surface area contributed by atoms with Gasteiger partial charge < -0.3 is 0 Å². The zero-order valence-corrected chi connectivity index (χ0v) is 40.3. The molecule has 0 spiro atoms. The molecule has 0 bridgehead atoms. The van der Waals surface area contributed by atoms with Crippen molar-refractivity contribution in [2.75, 3.05) is 0 Å². The van der Waals surface area contributed by atoms with E-state index in [0.29, 0.717) is 38.1 Å². The molecule has 13 heteroatoms. The third-order valence-corrected chi connectivity index (χ3v) is 12.7. The number of benzene rings is 8. The molecule has 0 aliphatic rings. The number of hydrogen-bond donors (Lipinski definition) is 2. The van der Waals surface area contributed by atoms with Gasteiger partial charge in [-0.3, -0.25) is 13.2 Å². The van der Waals surface area contributed by atoms with Crippen molar-refractivity contribution in [1.29, 1.82) is 0 Å². The fourth-order valence-corrected chi connectivity index (χ4v) is 9.35. The molecule has 12 aromatic rings. The van der Waals surface area contributed by atoms with E-state index in [9.17, 15) is 13.2 Å². The number of halogens is 3. The predicted octanol–water partition coefficient (Wildman–Crippen LogP) is 15.1. The topological polar surface area (TPSA) is 77.3 Å². The van der Waals surface area contributed by atoms with Crippen molar-refractivity contribution in [2.24, 2.45) is 0 Å². The Morgan fingerprint density at radius 1 is 0.485 bits per heavy atom. The average molecular weight is 1120 g/mol. The van der Waals surface area contributed by atoms with Crippen LogP contribution in [0.3, 0.4) is 0 Å². The summed E-state index contributed by atoms with van der Waals surface area (Å²) in [6.07, 6.45) is -0.956. The van der Waals surface area contributed by atoms with Crippen LogP contribution >= 0.6 is 36.6 Å². The van der Waals surface area contributed by atoms with Crippen LogP contribution in [0.5, 0.6) is 0 Å². The Balaban J connectivity index is 0.000000139. The molecule has 68 heavy (non-hydrogen) atoms. The first-order valence-electron chi connectivity index (χ1n) is 20.7. The van der Waals surface area contributed by atoms with Gasteiger partial charge in [0.05, 0.1) is 23.7 Å². The molecule has 0 atom stereocenters. The summed E-state index contributed by atoms with van der Waals surface area (Å²) in [5.74, 6) is 0. The van der Waals surface area contributed by atoms with Crippen LogP contribution in [-0.2, 0) is 26.3 Å². The van der Waals surface area contributed by atoms with Crippen LogP contribution in [0.1, 0.15) is 17.0 Å². The summed E-state index contributed by atoms with van der Waals surface area (Å²) in [7, 11) is 0. The van der Waals surface area contributed by atoms with Crippen molar-refractivity contribution in [2.45, 2.75) is 6.18 Å². The maximum atomic E-state index is 13.4. The fourth-order valence-electron chi connectivity index (χ4n) is 8.01. The minimum atomic E-state index is -4.43. The molecule has 0 radical (unpaired) electrons. The Hall–Kier alpha value is -6.86. The van der Waals surface area contributed by atoms with Gasteiger partial charge in [-0.1, -0.05) is 126 Å². The Morgan fingerprint density at radius 2 is 0.926 bits per heavy atom. The van der Waals surface area contributed by atoms with Crippen molar-refractivity contribution in [1.82, 2.24) is 30.6 Å². The predicted molar refractivity (Wildman–Crippen MR) is 275 cm³/mol. The number of aromatic nitrogens is 6. The molecule has 6 nitrogen and oxygen atoms in total. The summed E-state index contributed by atoms with van der Waals surface area (Å²) >= 11 is 9.87. The number of hydrogen-bond acceptors (Lipinski definition) is 9. The summed E-state index contributed by atoms with van der Waals surface area (Å²) in [4.78, 5) is 1.62. The van der Waals surface area contributed by atoms with Crippen LogP contribution in [0.25, 0.3) is 106 Å². The van der Waals surface area contributed by atoms with Gasteiger partial charge in [-0.15, -0.1) is 33.4 Å². The second-order valence-corrected chi connectivity index (χ2v) is 17.5. The summed E-state index contributed by atoms with van der Waals surface area (Å²) < 4.78 is 41.1. The molecule has 0 fully saturated rings. The van der Waals surface area contributed by atoms with Crippen LogP contribution < -0.4 is 0 Å². The number of thiol groups is 2. The zero-order valence-electron chi connectivity index (χ0n) is 35.3. The van der Waals surface area contributed by atoms with E-state index >= 15 is 0 Å². The largest absolute Gasteiger partial charge is 3.00 e. The molecule has 4 heterocycles. The number of rotatable bonds is 4. The maximum absolute atomic E-state index is 13.4. The second kappa shape index (κ2) is 19.4. The van der Waals surface area contributed by atoms with E-state index in [1.807, 2.05) is 84.9 Å². The van der Waals surface area contributed by atoms with E-state index < -0.39 is 11.7 Å². The number of fused-ring (bicyclic) bond motifs is 7. The normalized spacial score (nSPS) is 11.3. The van der Waals surface area contributed by atoms with Crippen LogP contribution in [0.4, 0.5) is 13.2 Å². The van der Waals surface area contributed by atoms with Crippen molar-refractivity contribution < 1.29 is 33.3 Å². The maximum Gasteiger partial charge on any atom is 3.00 e. The van der Waals surface area contributed by atoms with Gasteiger partial charge in [-0.25, -0.2) is 21.5 Å². The molecular weight excluding hydrogens is 1090 g/mol. The van der Waals surface area contributed by atoms with E-state index in [2.05, 4.69) is 110 Å². The summed E-state index contributed by atoms with van der Waals surface area (Å²) in [6, 6.07) is 53.1. The van der Waals surface area contributed by atoms with Gasteiger partial charge in [0.15, 0.2) is 0 Å². The minimum Gasteiger partial charge on any atom is -0.277 e. The first-order valence-corrected chi connectivity index (χ1v) is 22.4. The standard InChI is InChI=1S/C27H14F3N2S.2C14H9N2S.Ir/c28-27(29,30)20-10-5-9-19(12-20)25-21-13-16-6-1-2-7-17(16)14-22(21)26(32-31-25)24-15-18-8-3-4-11-23(18)33-24;2*1-9(17)14-13-7-11-5-3-2-4-10(11)6-12(13)8-15-16-14;/h1-14H;2*1-8,17H;/q3*-1;+3. The van der Waals surface area contributed by atoms with E-state index in [1.54, 1.807) is 29.8 Å². The van der Waals surface area contributed by atoms with E-state index in [4.69, 9.17) is 13.2 Å². The van der Waals surface area contributed by atoms with Gasteiger partial charge >= 0.3 is 26.3 Å². The van der Waals surface area contributed by atoms with Gasteiger partial charge in [-0.05, 0) is 99.8 Å². The molecule has 0 aliphatic carbocycles. The first kappa shape index (κ1) is 46.3. The van der Waals surface area contributed by atoms with Gasteiger partial charge in [0.2, 0.25) is 0 Å². The molecule has 0 saturated carbocycles. The molecule has 0 amide bonds. The number of alkyl halides is 3. The van der Waals surface area contributed by atoms with Crippen LogP contribution in [-0.4, -0.2) is 30.6 Å². The molecule has 12 rings (SSSR count). The Kier molecular flexibility index (Phi) is 13.2. The molecule has 0 unspecified atom stereocenters. The Labute approximate surface area is 416 Å². The second-order valence-electron chi connectivity index (χ2n) is 15.5. The average Bonchev–Trinajstić information content (AvgIpc) is 3.78. The Bertz CT molecular complexity index is 3750. The minimum absolute atomic E-state index is 0. The third kappa shape index (κ3) is 9.36. The summed E-state index contributed by atoms with van der Waals surface area (Å²) in [5.41, 5.74) is 2.04. The Morgan fingerprint density at radius 3 is 1.41 bits per heavy atom. The smallest absolute Gasteiger partial charge is 0.277 e. The SMILES string of the molecule is FC(F)(F)c1cccc(-c2nnc(-c3[c-]c4ccccc4s3)c3cc4ccccc4cc23)c1.[CH-]=C(S)c1nncc2cc3ccccc3cc12.[CH-]=C(S)c1nncc2cc3ccccc3cc12.[Ir+3]. The van der Waals surface area contributed by atoms with Gasteiger partial charge in [0.25, 0.3) is 0 Å². The van der Waals surface area contributed by atoms with Crippen LogP contribution in [0, 0.1) is 19.2 Å². The molecular formula is C55H32F3IrN6S3. The molecule has 4 aromatic heterocycles.